The van der Waals surface area contributed by atoms with Crippen LogP contribution in [0.25, 0.3) is 0 Å². The van der Waals surface area contributed by atoms with Crippen LogP contribution in [0.5, 0.6) is 5.75 Å². The van der Waals surface area contributed by atoms with Crippen LogP contribution < -0.4 is 10.5 Å². The number of hydrogen-bond acceptors (Lipinski definition) is 6. The number of rotatable bonds is 6. The molecule has 14 heteroatoms. The van der Waals surface area contributed by atoms with Crippen molar-refractivity contribution in [2.45, 2.75) is 44.2 Å². The minimum absolute atomic E-state index is 0. The van der Waals surface area contributed by atoms with Gasteiger partial charge in [0.15, 0.2) is 5.78 Å². The van der Waals surface area contributed by atoms with E-state index in [-0.39, 0.29) is 46.4 Å². The Morgan fingerprint density at radius 1 is 1.29 bits per heavy atom. The normalized spacial score (nSPS) is 22.4. The van der Waals surface area contributed by atoms with Gasteiger partial charge in [-0.3, -0.25) is 9.79 Å². The first-order chi connectivity index (χ1) is 15.7. The van der Waals surface area contributed by atoms with Gasteiger partial charge in [-0.15, -0.1) is 12.4 Å². The molecular formula is C21H19Cl2F6N3O3. The van der Waals surface area contributed by atoms with E-state index in [2.05, 4.69) is 14.7 Å². The number of carbonyl (C=O) groups excluding carboxylic acids is 1. The third kappa shape index (κ3) is 5.81. The van der Waals surface area contributed by atoms with Gasteiger partial charge in [0.1, 0.15) is 28.6 Å². The molecule has 1 aliphatic rings. The standard InChI is InChI=1S/C21H18ClF6N3O3.ClH/c1-19(9-33-20(2,17(29)31-19)21(26,27)28)12-5-10(3-4-14(12)23)6-15(32)16-13(22)7-11(8-30-16)34-18(24)25;/h3-5,7-8,18H,6,9H2,1-2H3,(H2,29,31);1H/t19-,20+;/m0./s1. The molecular weight excluding hydrogens is 527 g/mol. The molecule has 3 rings (SSSR count). The minimum atomic E-state index is -4.84. The van der Waals surface area contributed by atoms with Crippen molar-refractivity contribution in [1.29, 1.82) is 0 Å². The Kier molecular flexibility index (Phi) is 8.35. The van der Waals surface area contributed by atoms with Crippen LogP contribution in [-0.2, 0) is 16.7 Å². The summed E-state index contributed by atoms with van der Waals surface area (Å²) < 4.78 is 88.4. The summed E-state index contributed by atoms with van der Waals surface area (Å²) >= 11 is 5.95. The topological polar surface area (TPSA) is 86.8 Å². The van der Waals surface area contributed by atoms with Crippen LogP contribution in [0.4, 0.5) is 26.3 Å². The van der Waals surface area contributed by atoms with E-state index >= 15 is 0 Å². The first kappa shape index (κ1) is 28.7. The van der Waals surface area contributed by atoms with E-state index in [1.807, 2.05) is 0 Å². The second kappa shape index (κ2) is 10.2. The van der Waals surface area contributed by atoms with Crippen LogP contribution >= 0.6 is 24.0 Å². The molecule has 192 valence electrons. The number of pyridine rings is 1. The Balaban J connectivity index is 0.00000432. The molecule has 0 radical (unpaired) electrons. The molecule has 1 aromatic carbocycles. The number of nitrogens with two attached hydrogens (primary N) is 1. The lowest BCUT2D eigenvalue weighted by Gasteiger charge is -2.41. The van der Waals surface area contributed by atoms with Crippen molar-refractivity contribution in [3.63, 3.8) is 0 Å². The summed E-state index contributed by atoms with van der Waals surface area (Å²) in [5, 5.41) is -0.234. The van der Waals surface area contributed by atoms with Gasteiger partial charge in [0.2, 0.25) is 5.60 Å². The summed E-state index contributed by atoms with van der Waals surface area (Å²) in [7, 11) is 0. The molecule has 0 amide bonds. The quantitative estimate of drug-likeness (QED) is 0.396. The van der Waals surface area contributed by atoms with Crippen LogP contribution in [0.1, 0.15) is 35.5 Å². The second-order valence-electron chi connectivity index (χ2n) is 7.88. The number of halogens is 8. The van der Waals surface area contributed by atoms with Gasteiger partial charge < -0.3 is 15.2 Å². The highest BCUT2D eigenvalue weighted by Crippen LogP contribution is 2.41. The average Bonchev–Trinajstić information content (AvgIpc) is 2.71. The summed E-state index contributed by atoms with van der Waals surface area (Å²) in [4.78, 5) is 20.3. The molecule has 2 aromatic rings. The fourth-order valence-electron chi connectivity index (χ4n) is 3.29. The number of carbonyl (C=O) groups is 1. The lowest BCUT2D eigenvalue weighted by atomic mass is 9.88. The fourth-order valence-corrected chi connectivity index (χ4v) is 3.55. The summed E-state index contributed by atoms with van der Waals surface area (Å²) in [6.07, 6.45) is -4.26. The molecule has 0 unspecified atom stereocenters. The molecule has 35 heavy (non-hydrogen) atoms. The largest absolute Gasteiger partial charge is 0.433 e. The lowest BCUT2D eigenvalue weighted by molar-refractivity contribution is -0.249. The molecule has 1 aromatic heterocycles. The molecule has 2 atom stereocenters. The highest BCUT2D eigenvalue weighted by molar-refractivity contribution is 6.33. The lowest BCUT2D eigenvalue weighted by Crippen LogP contribution is -2.60. The van der Waals surface area contributed by atoms with Crippen LogP contribution in [-0.4, -0.2) is 41.6 Å². The van der Waals surface area contributed by atoms with Gasteiger partial charge >= 0.3 is 12.8 Å². The van der Waals surface area contributed by atoms with Gasteiger partial charge in [0.25, 0.3) is 0 Å². The van der Waals surface area contributed by atoms with Crippen molar-refractivity contribution in [2.75, 3.05) is 6.61 Å². The van der Waals surface area contributed by atoms with Gasteiger partial charge in [0, 0.05) is 18.1 Å². The predicted molar refractivity (Wildman–Crippen MR) is 117 cm³/mol. The van der Waals surface area contributed by atoms with Crippen LogP contribution in [0.3, 0.4) is 0 Å². The SMILES string of the molecule is C[C@@]1(c2cc(CC(=O)c3ncc(OC(F)F)cc3Cl)ccc2F)CO[C@@](C)(C(F)(F)F)C(N)=N1.Cl. The summed E-state index contributed by atoms with van der Waals surface area (Å²) in [5.41, 5.74) is 1.05. The first-order valence-corrected chi connectivity index (χ1v) is 10.0. The molecule has 0 fully saturated rings. The smallest absolute Gasteiger partial charge is 0.424 e. The number of amidine groups is 1. The zero-order valence-electron chi connectivity index (χ0n) is 18.1. The zero-order valence-corrected chi connectivity index (χ0v) is 19.7. The zero-order chi connectivity index (χ0) is 25.5. The van der Waals surface area contributed by atoms with E-state index in [9.17, 15) is 31.1 Å². The number of ether oxygens (including phenoxy) is 2. The van der Waals surface area contributed by atoms with E-state index in [1.54, 1.807) is 0 Å². The molecule has 1 aliphatic heterocycles. The minimum Gasteiger partial charge on any atom is -0.433 e. The van der Waals surface area contributed by atoms with Crippen LogP contribution in [0.15, 0.2) is 35.5 Å². The average molecular weight is 546 g/mol. The Bertz CT molecular complexity index is 1150. The summed E-state index contributed by atoms with van der Waals surface area (Å²) in [5.74, 6) is -2.62. The van der Waals surface area contributed by atoms with Crippen molar-refractivity contribution in [2.24, 2.45) is 10.7 Å². The van der Waals surface area contributed by atoms with Gasteiger partial charge in [-0.25, -0.2) is 9.37 Å². The van der Waals surface area contributed by atoms with E-state index in [0.29, 0.717) is 0 Å². The molecule has 2 N–H and O–H groups in total. The van der Waals surface area contributed by atoms with Gasteiger partial charge in [-0.1, -0.05) is 17.7 Å². The predicted octanol–water partition coefficient (Wildman–Crippen LogP) is 5.25. The van der Waals surface area contributed by atoms with Gasteiger partial charge in [-0.05, 0) is 31.5 Å². The maximum absolute atomic E-state index is 14.6. The van der Waals surface area contributed by atoms with Crippen molar-refractivity contribution in [1.82, 2.24) is 4.98 Å². The maximum Gasteiger partial charge on any atom is 0.424 e. The van der Waals surface area contributed by atoms with E-state index in [1.165, 1.54) is 19.1 Å². The molecule has 0 saturated carbocycles. The molecule has 6 nitrogen and oxygen atoms in total. The fraction of sp³-hybridized carbons (Fsp3) is 0.381. The van der Waals surface area contributed by atoms with Gasteiger partial charge in [-0.2, -0.15) is 22.0 Å². The number of nitrogens with zero attached hydrogens (tertiary/aromatic N) is 2. The second-order valence-corrected chi connectivity index (χ2v) is 8.29. The number of aromatic nitrogens is 1. The van der Waals surface area contributed by atoms with E-state index in [0.717, 1.165) is 25.3 Å². The highest BCUT2D eigenvalue weighted by Gasteiger charge is 2.59. The molecule has 0 aliphatic carbocycles. The molecule has 0 spiro atoms. The molecule has 0 saturated heterocycles. The third-order valence-corrected chi connectivity index (χ3v) is 5.61. The number of benzene rings is 1. The number of aliphatic imine (C=N–C) groups is 1. The number of alkyl halides is 5. The Morgan fingerprint density at radius 2 is 1.94 bits per heavy atom. The van der Waals surface area contributed by atoms with Crippen LogP contribution in [0, 0.1) is 5.82 Å². The monoisotopic (exact) mass is 545 g/mol. The molecule has 2 heterocycles. The maximum atomic E-state index is 14.6. The third-order valence-electron chi connectivity index (χ3n) is 5.32. The van der Waals surface area contributed by atoms with Crippen molar-refractivity contribution in [3.8, 4) is 5.75 Å². The summed E-state index contributed by atoms with van der Waals surface area (Å²) in [6.45, 7) is -1.66. The number of ketones is 1. The molecule has 0 bridgehead atoms. The number of hydrogen-bond donors (Lipinski definition) is 1. The van der Waals surface area contributed by atoms with Crippen molar-refractivity contribution >= 4 is 35.6 Å². The number of Topliss-reactive ketones (excluding diaryl/α,β-unsaturated/α-hetero) is 1. The van der Waals surface area contributed by atoms with Crippen molar-refractivity contribution in [3.05, 3.63) is 58.1 Å². The highest BCUT2D eigenvalue weighted by atomic mass is 35.5. The first-order valence-electron chi connectivity index (χ1n) is 9.65. The van der Waals surface area contributed by atoms with Gasteiger partial charge in [0.05, 0.1) is 17.8 Å². The summed E-state index contributed by atoms with van der Waals surface area (Å²) in [6, 6.07) is 4.57. The Labute approximate surface area is 206 Å². The van der Waals surface area contributed by atoms with Crippen molar-refractivity contribution < 1.29 is 40.6 Å². The van der Waals surface area contributed by atoms with E-state index in [4.69, 9.17) is 22.1 Å². The Hall–Kier alpha value is -2.57. The Morgan fingerprint density at radius 3 is 2.49 bits per heavy atom. The van der Waals surface area contributed by atoms with E-state index < -0.39 is 48.0 Å². The van der Waals surface area contributed by atoms with Crippen LogP contribution in [0.2, 0.25) is 5.02 Å².